The van der Waals surface area contributed by atoms with E-state index in [1.165, 1.54) is 6.07 Å². The second kappa shape index (κ2) is 3.83. The Hall–Kier alpha value is -1.92. The van der Waals surface area contributed by atoms with Crippen LogP contribution in [0.2, 0.25) is 0 Å². The van der Waals surface area contributed by atoms with Crippen LogP contribution in [0.15, 0.2) is 40.2 Å². The van der Waals surface area contributed by atoms with E-state index < -0.39 is 15.0 Å². The topological polar surface area (TPSA) is 87.0 Å². The van der Waals surface area contributed by atoms with Crippen molar-refractivity contribution in [3.05, 3.63) is 30.3 Å². The quantitative estimate of drug-likeness (QED) is 0.632. The van der Waals surface area contributed by atoms with E-state index >= 15 is 0 Å². The highest BCUT2D eigenvalue weighted by molar-refractivity contribution is 7.86. The first-order valence-electron chi connectivity index (χ1n) is 4.64. The number of hydrogen-bond acceptors (Lipinski definition) is 4. The van der Waals surface area contributed by atoms with E-state index in [0.717, 1.165) is 0 Å². The predicted octanol–water partition coefficient (Wildman–Crippen LogP) is 2.12. The van der Waals surface area contributed by atoms with E-state index in [2.05, 4.69) is 11.7 Å². The zero-order valence-corrected chi connectivity index (χ0v) is 9.48. The van der Waals surface area contributed by atoms with Crippen molar-refractivity contribution in [1.29, 1.82) is 0 Å². The van der Waals surface area contributed by atoms with Crippen LogP contribution in [0.1, 0.15) is 0 Å². The van der Waals surface area contributed by atoms with E-state index in [0.29, 0.717) is 10.8 Å². The van der Waals surface area contributed by atoms with Crippen molar-refractivity contribution in [1.82, 2.24) is 0 Å². The summed E-state index contributed by atoms with van der Waals surface area (Å²) in [6, 6.07) is 7.87. The van der Waals surface area contributed by atoms with Gasteiger partial charge in [0.15, 0.2) is 0 Å². The molecule has 0 spiro atoms. The minimum atomic E-state index is -4.45. The van der Waals surface area contributed by atoms with E-state index in [4.69, 9.17) is 4.55 Å². The van der Waals surface area contributed by atoms with Crippen molar-refractivity contribution in [3.8, 4) is 5.75 Å². The Morgan fingerprint density at radius 2 is 1.88 bits per heavy atom. The molecule has 6 heteroatoms. The van der Waals surface area contributed by atoms with Crippen molar-refractivity contribution in [2.75, 3.05) is 0 Å². The number of hydrogen-bond donors (Lipinski definition) is 2. The summed E-state index contributed by atoms with van der Waals surface area (Å²) in [6.45, 7) is 3.19. The Bertz CT molecular complexity index is 707. The minimum absolute atomic E-state index is 0.244. The molecule has 0 aromatic heterocycles. The maximum atomic E-state index is 11.2. The molecular weight excluding hydrogens is 242 g/mol. The summed E-state index contributed by atoms with van der Waals surface area (Å²) in [5.41, 5.74) is -0.244. The van der Waals surface area contributed by atoms with Gasteiger partial charge in [0, 0.05) is 5.39 Å². The highest BCUT2D eigenvalue weighted by Crippen LogP contribution is 2.39. The Morgan fingerprint density at radius 3 is 2.47 bits per heavy atom. The molecule has 2 aromatic rings. The van der Waals surface area contributed by atoms with E-state index in [-0.39, 0.29) is 11.4 Å². The van der Waals surface area contributed by atoms with Gasteiger partial charge in [-0.25, -0.2) is 0 Å². The van der Waals surface area contributed by atoms with E-state index in [9.17, 15) is 13.5 Å². The average Bonchev–Trinajstić information content (AvgIpc) is 2.28. The second-order valence-corrected chi connectivity index (χ2v) is 4.82. The van der Waals surface area contributed by atoms with Crippen molar-refractivity contribution in [2.45, 2.75) is 4.90 Å². The van der Waals surface area contributed by atoms with Crippen LogP contribution in [0.25, 0.3) is 10.8 Å². The van der Waals surface area contributed by atoms with Crippen LogP contribution in [0.3, 0.4) is 0 Å². The Balaban J connectivity index is 3.00. The first-order valence-corrected chi connectivity index (χ1v) is 6.08. The molecule has 0 radical (unpaired) electrons. The molecule has 0 heterocycles. The van der Waals surface area contributed by atoms with Gasteiger partial charge >= 0.3 is 0 Å². The molecule has 0 amide bonds. The van der Waals surface area contributed by atoms with Gasteiger partial charge < -0.3 is 5.11 Å². The van der Waals surface area contributed by atoms with Crippen LogP contribution in [-0.4, -0.2) is 24.8 Å². The molecular formula is C11H9NO4S. The van der Waals surface area contributed by atoms with Gasteiger partial charge in [-0.3, -0.25) is 9.55 Å². The number of aromatic hydroxyl groups is 1. The number of phenols is 1. The lowest BCUT2D eigenvalue weighted by Crippen LogP contribution is -1.98. The summed E-state index contributed by atoms with van der Waals surface area (Å²) in [5.74, 6) is -0.314. The SMILES string of the molecule is C=Nc1c(S(=O)(=O)O)cc2ccccc2c1O. The zero-order valence-electron chi connectivity index (χ0n) is 8.66. The van der Waals surface area contributed by atoms with E-state index in [1.807, 2.05) is 0 Å². The van der Waals surface area contributed by atoms with Gasteiger partial charge in [0.1, 0.15) is 16.3 Å². The van der Waals surface area contributed by atoms with Gasteiger partial charge in [0.05, 0.1) is 0 Å². The van der Waals surface area contributed by atoms with Crippen LogP contribution in [0, 0.1) is 0 Å². The lowest BCUT2D eigenvalue weighted by molar-refractivity contribution is 0.472. The molecule has 0 aliphatic heterocycles. The van der Waals surface area contributed by atoms with Crippen LogP contribution in [-0.2, 0) is 10.1 Å². The smallest absolute Gasteiger partial charge is 0.296 e. The Labute approximate surface area is 97.8 Å². The average molecular weight is 251 g/mol. The molecule has 0 unspecified atom stereocenters. The molecule has 0 aliphatic rings. The molecule has 2 rings (SSSR count). The summed E-state index contributed by atoms with van der Waals surface area (Å²) >= 11 is 0. The first-order chi connectivity index (χ1) is 7.95. The molecule has 17 heavy (non-hydrogen) atoms. The third-order valence-electron chi connectivity index (χ3n) is 2.40. The fourth-order valence-corrected chi connectivity index (χ4v) is 2.32. The second-order valence-electron chi connectivity index (χ2n) is 3.43. The maximum absolute atomic E-state index is 11.2. The zero-order chi connectivity index (χ0) is 12.6. The standard InChI is InChI=1S/C11H9NO4S/c1-12-10-9(17(14,15)16)6-7-4-2-3-5-8(7)11(10)13/h2-6,13H,1H2,(H,14,15,16). The van der Waals surface area contributed by atoms with Gasteiger partial charge in [-0.1, -0.05) is 24.3 Å². The molecule has 5 nitrogen and oxygen atoms in total. The first kappa shape index (κ1) is 11.6. The fraction of sp³-hybridized carbons (Fsp3) is 0. The highest BCUT2D eigenvalue weighted by atomic mass is 32.2. The molecule has 0 bridgehead atoms. The predicted molar refractivity (Wildman–Crippen MR) is 64.6 cm³/mol. The largest absolute Gasteiger partial charge is 0.505 e. The number of rotatable bonds is 2. The monoisotopic (exact) mass is 251 g/mol. The van der Waals surface area contributed by atoms with Gasteiger partial charge in [-0.05, 0) is 18.2 Å². The fourth-order valence-electron chi connectivity index (χ4n) is 1.64. The van der Waals surface area contributed by atoms with Crippen molar-refractivity contribution < 1.29 is 18.1 Å². The van der Waals surface area contributed by atoms with Gasteiger partial charge in [-0.15, -0.1) is 0 Å². The molecule has 0 fully saturated rings. The number of aliphatic imine (C=N–C) groups is 1. The summed E-state index contributed by atoms with van der Waals surface area (Å²) in [6.07, 6.45) is 0. The molecule has 88 valence electrons. The minimum Gasteiger partial charge on any atom is -0.505 e. The molecule has 0 atom stereocenters. The van der Waals surface area contributed by atoms with Crippen LogP contribution < -0.4 is 0 Å². The highest BCUT2D eigenvalue weighted by Gasteiger charge is 2.20. The number of fused-ring (bicyclic) bond motifs is 1. The lowest BCUT2D eigenvalue weighted by Gasteiger charge is -2.08. The van der Waals surface area contributed by atoms with E-state index in [1.54, 1.807) is 24.3 Å². The van der Waals surface area contributed by atoms with Gasteiger partial charge in [-0.2, -0.15) is 8.42 Å². The van der Waals surface area contributed by atoms with Gasteiger partial charge in [0.25, 0.3) is 10.1 Å². The number of benzene rings is 2. The summed E-state index contributed by atoms with van der Waals surface area (Å²) in [7, 11) is -4.45. The third-order valence-corrected chi connectivity index (χ3v) is 3.26. The maximum Gasteiger partial charge on any atom is 0.296 e. The van der Waals surface area contributed by atoms with Crippen LogP contribution in [0.4, 0.5) is 5.69 Å². The summed E-state index contributed by atoms with van der Waals surface area (Å²) < 4.78 is 31.4. The lowest BCUT2D eigenvalue weighted by atomic mass is 10.1. The molecule has 0 saturated heterocycles. The Morgan fingerprint density at radius 1 is 1.24 bits per heavy atom. The summed E-state index contributed by atoms with van der Waals surface area (Å²) in [5, 5.41) is 10.8. The third kappa shape index (κ3) is 1.88. The normalized spacial score (nSPS) is 11.6. The van der Waals surface area contributed by atoms with Crippen LogP contribution in [0.5, 0.6) is 5.75 Å². The van der Waals surface area contributed by atoms with Gasteiger partial charge in [0.2, 0.25) is 0 Å². The molecule has 2 aromatic carbocycles. The van der Waals surface area contributed by atoms with Crippen molar-refractivity contribution in [3.63, 3.8) is 0 Å². The number of nitrogens with zero attached hydrogens (tertiary/aromatic N) is 1. The van der Waals surface area contributed by atoms with Crippen molar-refractivity contribution >= 4 is 33.3 Å². The molecule has 2 N–H and O–H groups in total. The number of phenolic OH excluding ortho intramolecular Hbond substituents is 1. The van der Waals surface area contributed by atoms with Crippen molar-refractivity contribution in [2.24, 2.45) is 4.99 Å². The molecule has 0 aliphatic carbocycles. The Kier molecular flexibility index (Phi) is 2.60. The summed E-state index contributed by atoms with van der Waals surface area (Å²) in [4.78, 5) is 2.99. The van der Waals surface area contributed by atoms with Crippen LogP contribution >= 0.6 is 0 Å². The molecule has 0 saturated carbocycles.